The summed E-state index contributed by atoms with van der Waals surface area (Å²) >= 11 is 0. The van der Waals surface area contributed by atoms with Crippen molar-refractivity contribution in [3.8, 4) is 0 Å². The van der Waals surface area contributed by atoms with Gasteiger partial charge in [0.15, 0.2) is 0 Å². The topological polar surface area (TPSA) is 61.8 Å². The highest BCUT2D eigenvalue weighted by Crippen LogP contribution is 2.49. The third-order valence-electron chi connectivity index (χ3n) is 4.87. The van der Waals surface area contributed by atoms with Crippen LogP contribution in [0, 0.1) is 5.82 Å². The van der Waals surface area contributed by atoms with E-state index in [9.17, 15) is 14.3 Å². The van der Waals surface area contributed by atoms with Crippen molar-refractivity contribution in [1.82, 2.24) is 10.2 Å². The molecular formula is C18H25FN2O3. The van der Waals surface area contributed by atoms with Gasteiger partial charge in [0, 0.05) is 31.7 Å². The van der Waals surface area contributed by atoms with Gasteiger partial charge >= 0.3 is 0 Å². The number of amides is 1. The van der Waals surface area contributed by atoms with E-state index >= 15 is 0 Å². The molecule has 1 aromatic carbocycles. The molecule has 1 aliphatic heterocycles. The number of ether oxygens (including phenoxy) is 1. The second-order valence-corrected chi connectivity index (χ2v) is 7.13. The maximum Gasteiger partial charge on any atom is 0.230 e. The fourth-order valence-corrected chi connectivity index (χ4v) is 3.33. The van der Waals surface area contributed by atoms with Crippen molar-refractivity contribution in [2.75, 3.05) is 39.4 Å². The van der Waals surface area contributed by atoms with Gasteiger partial charge in [-0.2, -0.15) is 0 Å². The van der Waals surface area contributed by atoms with Crippen LogP contribution in [-0.4, -0.2) is 60.9 Å². The first kappa shape index (κ1) is 17.3. The minimum absolute atomic E-state index is 0.152. The molecule has 24 heavy (non-hydrogen) atoms. The van der Waals surface area contributed by atoms with Crippen LogP contribution < -0.4 is 5.32 Å². The summed E-state index contributed by atoms with van der Waals surface area (Å²) < 4.78 is 19.3. The molecule has 1 amide bonds. The molecule has 0 aromatic heterocycles. The van der Waals surface area contributed by atoms with Gasteiger partial charge in [-0.3, -0.25) is 9.69 Å². The second kappa shape index (κ2) is 6.78. The first-order valence-electron chi connectivity index (χ1n) is 8.49. The Hall–Kier alpha value is -1.50. The average Bonchev–Trinajstić information content (AvgIpc) is 3.35. The van der Waals surface area contributed by atoms with Crippen molar-refractivity contribution >= 4 is 5.91 Å². The lowest BCUT2D eigenvalue weighted by Crippen LogP contribution is -2.52. The van der Waals surface area contributed by atoms with E-state index < -0.39 is 11.0 Å². The van der Waals surface area contributed by atoms with Gasteiger partial charge in [0.2, 0.25) is 5.91 Å². The van der Waals surface area contributed by atoms with Crippen molar-refractivity contribution < 1.29 is 19.0 Å². The van der Waals surface area contributed by atoms with Crippen molar-refractivity contribution in [2.24, 2.45) is 0 Å². The van der Waals surface area contributed by atoms with Gasteiger partial charge in [-0.25, -0.2) is 4.39 Å². The summed E-state index contributed by atoms with van der Waals surface area (Å²) in [5.74, 6) is -0.542. The Morgan fingerprint density at radius 3 is 2.67 bits per heavy atom. The highest BCUT2D eigenvalue weighted by Gasteiger charge is 2.52. The number of aliphatic hydroxyl groups is 1. The van der Waals surface area contributed by atoms with Crippen LogP contribution in [0.15, 0.2) is 24.3 Å². The van der Waals surface area contributed by atoms with Gasteiger partial charge in [-0.1, -0.05) is 18.2 Å². The number of rotatable bonds is 6. The normalized spacial score (nSPS) is 22.6. The lowest BCUT2D eigenvalue weighted by atomic mass is 9.94. The SMILES string of the molecule is CC(O)(CNC(=O)C1(c2ccccc2F)CC1)CN1CCOCC1. The summed E-state index contributed by atoms with van der Waals surface area (Å²) in [5, 5.41) is 13.4. The number of nitrogens with zero attached hydrogens (tertiary/aromatic N) is 1. The van der Waals surface area contributed by atoms with Crippen molar-refractivity contribution in [3.05, 3.63) is 35.6 Å². The van der Waals surface area contributed by atoms with E-state index in [1.807, 2.05) is 0 Å². The Bertz CT molecular complexity index is 596. The van der Waals surface area contributed by atoms with E-state index in [1.54, 1.807) is 25.1 Å². The van der Waals surface area contributed by atoms with E-state index in [0.29, 0.717) is 38.2 Å². The van der Waals surface area contributed by atoms with Crippen LogP contribution in [0.5, 0.6) is 0 Å². The molecule has 2 fully saturated rings. The van der Waals surface area contributed by atoms with Crippen LogP contribution >= 0.6 is 0 Å². The van der Waals surface area contributed by atoms with Gasteiger partial charge in [0.05, 0.1) is 24.2 Å². The number of nitrogens with one attached hydrogen (secondary N) is 1. The fourth-order valence-electron chi connectivity index (χ4n) is 3.33. The fraction of sp³-hybridized carbons (Fsp3) is 0.611. The second-order valence-electron chi connectivity index (χ2n) is 7.13. The average molecular weight is 336 g/mol. The van der Waals surface area contributed by atoms with Crippen molar-refractivity contribution in [3.63, 3.8) is 0 Å². The molecule has 5 nitrogen and oxygen atoms in total. The Kier molecular flexibility index (Phi) is 4.90. The monoisotopic (exact) mass is 336 g/mol. The lowest BCUT2D eigenvalue weighted by Gasteiger charge is -2.34. The summed E-state index contributed by atoms with van der Waals surface area (Å²) in [7, 11) is 0. The molecule has 1 saturated carbocycles. The lowest BCUT2D eigenvalue weighted by molar-refractivity contribution is -0.125. The number of carbonyl (C=O) groups is 1. The van der Waals surface area contributed by atoms with Gasteiger partial charge in [-0.15, -0.1) is 0 Å². The largest absolute Gasteiger partial charge is 0.387 e. The minimum Gasteiger partial charge on any atom is -0.387 e. The molecule has 132 valence electrons. The number of halogens is 1. The number of β-amino-alcohol motifs (C(OH)–C–C–N with tert-alkyl or cyclic N) is 1. The van der Waals surface area contributed by atoms with E-state index in [2.05, 4.69) is 10.2 Å². The zero-order valence-electron chi connectivity index (χ0n) is 14.1. The summed E-state index contributed by atoms with van der Waals surface area (Å²) in [6.07, 6.45) is 1.29. The Balaban J connectivity index is 1.58. The van der Waals surface area contributed by atoms with E-state index in [1.165, 1.54) is 6.07 Å². The molecule has 2 aliphatic rings. The van der Waals surface area contributed by atoms with Crippen LogP contribution in [0.1, 0.15) is 25.3 Å². The molecule has 1 atom stereocenters. The molecule has 0 bridgehead atoms. The molecule has 6 heteroatoms. The zero-order chi connectivity index (χ0) is 17.2. The number of morpholine rings is 1. The zero-order valence-corrected chi connectivity index (χ0v) is 14.1. The predicted molar refractivity (Wildman–Crippen MR) is 88.2 cm³/mol. The number of hydrogen-bond donors (Lipinski definition) is 2. The van der Waals surface area contributed by atoms with Crippen LogP contribution in [0.3, 0.4) is 0 Å². The molecule has 2 N–H and O–H groups in total. The van der Waals surface area contributed by atoms with Crippen molar-refractivity contribution in [2.45, 2.75) is 30.8 Å². The highest BCUT2D eigenvalue weighted by molar-refractivity contribution is 5.91. The standard InChI is InChI=1S/C18H25FN2O3/c1-17(23,13-21-8-10-24-11-9-21)12-20-16(22)18(6-7-18)14-4-2-3-5-15(14)19/h2-5,23H,6-13H2,1H3,(H,20,22). The third kappa shape index (κ3) is 3.77. The number of hydrogen-bond acceptors (Lipinski definition) is 4. The Morgan fingerprint density at radius 2 is 2.04 bits per heavy atom. The molecular weight excluding hydrogens is 311 g/mol. The maximum absolute atomic E-state index is 14.0. The van der Waals surface area contributed by atoms with Gasteiger partial charge < -0.3 is 15.2 Å². The molecule has 1 saturated heterocycles. The first-order valence-corrected chi connectivity index (χ1v) is 8.49. The van der Waals surface area contributed by atoms with Gasteiger partial charge in [-0.05, 0) is 25.8 Å². The molecule has 1 aromatic rings. The van der Waals surface area contributed by atoms with Crippen LogP contribution in [-0.2, 0) is 14.9 Å². The van der Waals surface area contributed by atoms with Crippen LogP contribution in [0.25, 0.3) is 0 Å². The van der Waals surface area contributed by atoms with Crippen molar-refractivity contribution in [1.29, 1.82) is 0 Å². The summed E-state index contributed by atoms with van der Waals surface area (Å²) in [5.41, 5.74) is -1.34. The summed E-state index contributed by atoms with van der Waals surface area (Å²) in [4.78, 5) is 14.7. The van der Waals surface area contributed by atoms with Crippen LogP contribution in [0.2, 0.25) is 0 Å². The van der Waals surface area contributed by atoms with Gasteiger partial charge in [0.1, 0.15) is 5.82 Å². The van der Waals surface area contributed by atoms with E-state index in [4.69, 9.17) is 4.74 Å². The number of carbonyl (C=O) groups excluding carboxylic acids is 1. The molecule has 0 spiro atoms. The first-order chi connectivity index (χ1) is 11.4. The molecule has 1 heterocycles. The molecule has 0 radical (unpaired) electrons. The quantitative estimate of drug-likeness (QED) is 0.815. The maximum atomic E-state index is 14.0. The van der Waals surface area contributed by atoms with E-state index in [0.717, 1.165) is 13.1 Å². The Labute approximate surface area is 141 Å². The van der Waals surface area contributed by atoms with Crippen LogP contribution in [0.4, 0.5) is 4.39 Å². The summed E-state index contributed by atoms with van der Waals surface area (Å²) in [6, 6.07) is 6.44. The summed E-state index contributed by atoms with van der Waals surface area (Å²) in [6.45, 7) is 5.23. The Morgan fingerprint density at radius 1 is 1.38 bits per heavy atom. The van der Waals surface area contributed by atoms with Gasteiger partial charge in [0.25, 0.3) is 0 Å². The third-order valence-corrected chi connectivity index (χ3v) is 4.87. The highest BCUT2D eigenvalue weighted by atomic mass is 19.1. The predicted octanol–water partition coefficient (Wildman–Crippen LogP) is 1.06. The number of benzene rings is 1. The van der Waals surface area contributed by atoms with E-state index in [-0.39, 0.29) is 18.3 Å². The smallest absolute Gasteiger partial charge is 0.230 e. The minimum atomic E-state index is -1.03. The molecule has 1 aliphatic carbocycles. The molecule has 1 unspecified atom stereocenters. The molecule has 3 rings (SSSR count).